The van der Waals surface area contributed by atoms with Crippen LogP contribution in [0.3, 0.4) is 0 Å². The van der Waals surface area contributed by atoms with Crippen molar-refractivity contribution in [2.75, 3.05) is 11.6 Å². The molecule has 2 aromatic heterocycles. The first-order chi connectivity index (χ1) is 11.8. The van der Waals surface area contributed by atoms with Crippen molar-refractivity contribution in [3.05, 3.63) is 20.8 Å². The molecule has 10 heteroatoms. The van der Waals surface area contributed by atoms with E-state index < -0.39 is 11.6 Å². The number of rotatable bonds is 5. The summed E-state index contributed by atoms with van der Waals surface area (Å²) in [6.07, 6.45) is 1.60. The van der Waals surface area contributed by atoms with E-state index in [0.717, 1.165) is 12.8 Å². The molecule has 2 N–H and O–H groups in total. The lowest BCUT2D eigenvalue weighted by Gasteiger charge is -2.23. The van der Waals surface area contributed by atoms with Crippen LogP contribution in [0.2, 0.25) is 0 Å². The zero-order valence-corrected chi connectivity index (χ0v) is 14.5. The number of aryl methyl sites for hydroxylation is 1. The van der Waals surface area contributed by atoms with Gasteiger partial charge in [0.15, 0.2) is 11.2 Å². The molecule has 2 aromatic rings. The highest BCUT2D eigenvalue weighted by atomic mass is 16.2. The van der Waals surface area contributed by atoms with E-state index >= 15 is 0 Å². The molecule has 3 heterocycles. The van der Waals surface area contributed by atoms with Crippen molar-refractivity contribution in [2.24, 2.45) is 17.9 Å². The van der Waals surface area contributed by atoms with Crippen molar-refractivity contribution in [3.63, 3.8) is 0 Å². The molecule has 10 nitrogen and oxygen atoms in total. The summed E-state index contributed by atoms with van der Waals surface area (Å²) in [6.45, 7) is 4.36. The molecular formula is C15H21N7O3. The summed E-state index contributed by atoms with van der Waals surface area (Å²) >= 11 is 0. The van der Waals surface area contributed by atoms with Gasteiger partial charge in [-0.3, -0.25) is 23.3 Å². The average Bonchev–Trinajstić information content (AvgIpc) is 2.92. The Labute approximate surface area is 143 Å². The minimum Gasteiger partial charge on any atom is -0.368 e. The third-order valence-electron chi connectivity index (χ3n) is 4.16. The SMILES string of the molecule is CCCCn1c(=O)c2c(nc3n2CC(C)=NN3CC(N)=O)n(C)c1=O. The highest BCUT2D eigenvalue weighted by molar-refractivity contribution is 5.89. The lowest BCUT2D eigenvalue weighted by atomic mass is 10.3. The van der Waals surface area contributed by atoms with Gasteiger partial charge in [0.25, 0.3) is 5.56 Å². The summed E-state index contributed by atoms with van der Waals surface area (Å²) in [4.78, 5) is 41.1. The largest absolute Gasteiger partial charge is 0.368 e. The fourth-order valence-electron chi connectivity index (χ4n) is 2.99. The predicted octanol–water partition coefficient (Wildman–Crippen LogP) is -0.622. The highest BCUT2D eigenvalue weighted by Crippen LogP contribution is 2.23. The fourth-order valence-corrected chi connectivity index (χ4v) is 2.99. The monoisotopic (exact) mass is 347 g/mol. The van der Waals surface area contributed by atoms with Crippen molar-refractivity contribution in [1.82, 2.24) is 18.7 Å². The van der Waals surface area contributed by atoms with E-state index in [1.54, 1.807) is 18.5 Å². The number of nitrogens with two attached hydrogens (primary N) is 1. The van der Waals surface area contributed by atoms with Gasteiger partial charge in [0.05, 0.1) is 12.3 Å². The number of aromatic nitrogens is 4. The van der Waals surface area contributed by atoms with Crippen molar-refractivity contribution in [3.8, 4) is 0 Å². The van der Waals surface area contributed by atoms with Crippen LogP contribution in [-0.2, 0) is 24.9 Å². The Balaban J connectivity index is 2.28. The summed E-state index contributed by atoms with van der Waals surface area (Å²) in [5.41, 5.74) is 5.81. The molecule has 1 amide bonds. The van der Waals surface area contributed by atoms with Crippen LogP contribution in [0.25, 0.3) is 11.2 Å². The number of carbonyl (C=O) groups is 1. The summed E-state index contributed by atoms with van der Waals surface area (Å²) in [5.74, 6) is -0.231. The Kier molecular flexibility index (Phi) is 4.19. The molecule has 25 heavy (non-hydrogen) atoms. The second-order valence-electron chi connectivity index (χ2n) is 6.18. The van der Waals surface area contributed by atoms with E-state index in [4.69, 9.17) is 5.73 Å². The van der Waals surface area contributed by atoms with E-state index in [0.29, 0.717) is 30.3 Å². The van der Waals surface area contributed by atoms with Gasteiger partial charge in [-0.15, -0.1) is 0 Å². The van der Waals surface area contributed by atoms with Gasteiger partial charge in [-0.05, 0) is 13.3 Å². The molecule has 0 fully saturated rings. The van der Waals surface area contributed by atoms with Crippen molar-refractivity contribution in [1.29, 1.82) is 0 Å². The maximum Gasteiger partial charge on any atom is 0.332 e. The first-order valence-electron chi connectivity index (χ1n) is 8.15. The van der Waals surface area contributed by atoms with Crippen LogP contribution >= 0.6 is 0 Å². The fraction of sp³-hybridized carbons (Fsp3) is 0.533. The van der Waals surface area contributed by atoms with Gasteiger partial charge in [0.2, 0.25) is 11.9 Å². The zero-order valence-electron chi connectivity index (χ0n) is 14.5. The molecule has 134 valence electrons. The molecule has 0 radical (unpaired) electrons. The number of primary amides is 1. The van der Waals surface area contributed by atoms with Crippen molar-refractivity contribution < 1.29 is 4.79 Å². The molecule has 0 atom stereocenters. The topological polar surface area (TPSA) is 121 Å². The summed E-state index contributed by atoms with van der Waals surface area (Å²) < 4.78 is 4.28. The molecular weight excluding hydrogens is 326 g/mol. The third kappa shape index (κ3) is 2.73. The van der Waals surface area contributed by atoms with Gasteiger partial charge < -0.3 is 5.73 Å². The molecule has 0 spiro atoms. The number of hydrogen-bond acceptors (Lipinski definition) is 6. The average molecular weight is 347 g/mol. The lowest BCUT2D eigenvalue weighted by Crippen LogP contribution is -2.40. The summed E-state index contributed by atoms with van der Waals surface area (Å²) in [5, 5.41) is 5.64. The van der Waals surface area contributed by atoms with Crippen LogP contribution in [0.4, 0.5) is 5.95 Å². The zero-order chi connectivity index (χ0) is 18.3. The van der Waals surface area contributed by atoms with E-state index in [9.17, 15) is 14.4 Å². The van der Waals surface area contributed by atoms with E-state index in [2.05, 4.69) is 10.1 Å². The van der Waals surface area contributed by atoms with Crippen LogP contribution in [0.5, 0.6) is 0 Å². The third-order valence-corrected chi connectivity index (χ3v) is 4.16. The number of carbonyl (C=O) groups excluding carboxylic acids is 1. The predicted molar refractivity (Wildman–Crippen MR) is 93.8 cm³/mol. The Hall–Kier alpha value is -2.91. The number of hydrazone groups is 1. The normalized spacial score (nSPS) is 13.9. The van der Waals surface area contributed by atoms with Gasteiger partial charge in [-0.1, -0.05) is 13.3 Å². The number of fused-ring (bicyclic) bond motifs is 3. The first kappa shape index (κ1) is 16.9. The summed E-state index contributed by atoms with van der Waals surface area (Å²) in [6, 6.07) is 0. The lowest BCUT2D eigenvalue weighted by molar-refractivity contribution is -0.116. The molecule has 1 aliphatic heterocycles. The molecule has 0 bridgehead atoms. The van der Waals surface area contributed by atoms with Crippen molar-refractivity contribution >= 4 is 28.7 Å². The van der Waals surface area contributed by atoms with E-state index in [-0.39, 0.29) is 17.8 Å². The number of imidazole rings is 1. The summed E-state index contributed by atoms with van der Waals surface area (Å²) in [7, 11) is 1.58. The minimum atomic E-state index is -0.564. The number of hydrogen-bond donors (Lipinski definition) is 1. The molecule has 1 aliphatic rings. The van der Waals surface area contributed by atoms with Crippen LogP contribution in [0.15, 0.2) is 14.7 Å². The molecule has 3 rings (SSSR count). The van der Waals surface area contributed by atoms with Crippen LogP contribution in [0.1, 0.15) is 26.7 Å². The van der Waals surface area contributed by atoms with Gasteiger partial charge in [0, 0.05) is 13.6 Å². The molecule has 0 aliphatic carbocycles. The van der Waals surface area contributed by atoms with Gasteiger partial charge in [0.1, 0.15) is 6.54 Å². The first-order valence-corrected chi connectivity index (χ1v) is 8.15. The Morgan fingerprint density at radius 2 is 2.04 bits per heavy atom. The number of unbranched alkanes of at least 4 members (excludes halogenated alkanes) is 1. The van der Waals surface area contributed by atoms with Crippen LogP contribution in [-0.4, -0.2) is 36.8 Å². The molecule has 0 unspecified atom stereocenters. The number of anilines is 1. The number of nitrogens with zero attached hydrogens (tertiary/aromatic N) is 6. The van der Waals surface area contributed by atoms with Gasteiger partial charge in [-0.2, -0.15) is 10.1 Å². The van der Waals surface area contributed by atoms with Gasteiger partial charge in [-0.25, -0.2) is 9.80 Å². The van der Waals surface area contributed by atoms with Gasteiger partial charge >= 0.3 is 5.69 Å². The molecule has 0 aromatic carbocycles. The second-order valence-corrected chi connectivity index (χ2v) is 6.18. The molecule has 0 saturated heterocycles. The maximum atomic E-state index is 12.9. The smallest absolute Gasteiger partial charge is 0.332 e. The Bertz CT molecular complexity index is 995. The standard InChI is InChI=1S/C15H21N7O3/c1-4-5-6-20-13(24)11-12(19(3)15(20)25)17-14-21(11)7-9(2)18-22(14)8-10(16)23/h4-8H2,1-3H3,(H2,16,23). The number of amides is 1. The Morgan fingerprint density at radius 1 is 1.32 bits per heavy atom. The minimum absolute atomic E-state index is 0.154. The van der Waals surface area contributed by atoms with Crippen molar-refractivity contribution in [2.45, 2.75) is 39.8 Å². The van der Waals surface area contributed by atoms with Crippen LogP contribution < -0.4 is 22.0 Å². The highest BCUT2D eigenvalue weighted by Gasteiger charge is 2.27. The molecule has 0 saturated carbocycles. The second kappa shape index (κ2) is 6.19. The quantitative estimate of drug-likeness (QED) is 0.772. The maximum absolute atomic E-state index is 12.9. The van der Waals surface area contributed by atoms with Crippen LogP contribution in [0, 0.1) is 0 Å². The van der Waals surface area contributed by atoms with E-state index in [1.807, 2.05) is 6.92 Å². The Morgan fingerprint density at radius 3 is 2.68 bits per heavy atom. The van der Waals surface area contributed by atoms with E-state index in [1.165, 1.54) is 14.1 Å².